The van der Waals surface area contributed by atoms with E-state index < -0.39 is 0 Å². The van der Waals surface area contributed by atoms with Crippen LogP contribution < -0.4 is 5.32 Å². The minimum Gasteiger partial charge on any atom is -0.367 e. The van der Waals surface area contributed by atoms with Crippen LogP contribution in [-0.4, -0.2) is 35.8 Å². The average molecular weight is 283 g/mol. The van der Waals surface area contributed by atoms with Crippen LogP contribution in [0.1, 0.15) is 11.4 Å². The van der Waals surface area contributed by atoms with E-state index in [2.05, 4.69) is 25.4 Å². The number of hydrogen-bond acceptors (Lipinski definition) is 5. The van der Waals surface area contributed by atoms with Crippen LogP contribution in [0.2, 0.25) is 0 Å². The average Bonchev–Trinajstić information content (AvgIpc) is 3.09. The lowest BCUT2D eigenvalue weighted by Gasteiger charge is -2.08. The normalized spacial score (nSPS) is 10.8. The number of aromatic nitrogens is 6. The van der Waals surface area contributed by atoms with Gasteiger partial charge in [-0.2, -0.15) is 5.10 Å². The van der Waals surface area contributed by atoms with Crippen molar-refractivity contribution in [3.05, 3.63) is 48.6 Å². The van der Waals surface area contributed by atoms with Crippen LogP contribution in [0, 0.1) is 13.8 Å². The van der Waals surface area contributed by atoms with Crippen LogP contribution in [0.15, 0.2) is 37.2 Å². The van der Waals surface area contributed by atoms with Gasteiger partial charge in [-0.25, -0.2) is 14.6 Å². The lowest BCUT2D eigenvalue weighted by molar-refractivity contribution is 0.723. The quantitative estimate of drug-likeness (QED) is 0.769. The van der Waals surface area contributed by atoms with Crippen molar-refractivity contribution in [2.75, 3.05) is 11.9 Å². The van der Waals surface area contributed by atoms with E-state index in [4.69, 9.17) is 0 Å². The molecule has 0 saturated carbocycles. The van der Waals surface area contributed by atoms with Gasteiger partial charge in [-0.3, -0.25) is 4.98 Å². The second-order valence-corrected chi connectivity index (χ2v) is 4.83. The Bertz CT molecular complexity index is 715. The molecule has 0 saturated heterocycles. The Hall–Kier alpha value is -2.70. The van der Waals surface area contributed by atoms with Gasteiger partial charge in [0.25, 0.3) is 0 Å². The minimum absolute atomic E-state index is 0.716. The molecule has 3 rings (SSSR count). The van der Waals surface area contributed by atoms with Gasteiger partial charge in [0.15, 0.2) is 5.82 Å². The van der Waals surface area contributed by atoms with Crippen LogP contribution in [-0.2, 0) is 6.54 Å². The summed E-state index contributed by atoms with van der Waals surface area (Å²) in [6.45, 7) is 5.54. The molecular formula is C14H17N7. The molecule has 0 amide bonds. The molecule has 0 fully saturated rings. The third-order valence-electron chi connectivity index (χ3n) is 3.08. The van der Waals surface area contributed by atoms with E-state index in [0.717, 1.165) is 30.3 Å². The largest absolute Gasteiger partial charge is 0.367 e. The van der Waals surface area contributed by atoms with E-state index >= 15 is 0 Å². The Labute approximate surface area is 122 Å². The summed E-state index contributed by atoms with van der Waals surface area (Å²) in [7, 11) is 0. The highest BCUT2D eigenvalue weighted by Crippen LogP contribution is 2.10. The third kappa shape index (κ3) is 3.07. The van der Waals surface area contributed by atoms with Crippen LogP contribution in [0.25, 0.3) is 5.82 Å². The molecule has 0 bridgehead atoms. The van der Waals surface area contributed by atoms with E-state index in [-0.39, 0.29) is 0 Å². The Morgan fingerprint density at radius 1 is 1.19 bits per heavy atom. The van der Waals surface area contributed by atoms with Gasteiger partial charge >= 0.3 is 0 Å². The van der Waals surface area contributed by atoms with Gasteiger partial charge in [0.05, 0.1) is 24.4 Å². The highest BCUT2D eigenvalue weighted by molar-refractivity contribution is 5.36. The number of aryl methyl sites for hydroxylation is 2. The van der Waals surface area contributed by atoms with Crippen molar-refractivity contribution in [2.24, 2.45) is 0 Å². The first-order valence-corrected chi connectivity index (χ1v) is 6.78. The number of anilines is 1. The van der Waals surface area contributed by atoms with E-state index in [9.17, 15) is 0 Å². The number of nitrogens with zero attached hydrogens (tertiary/aromatic N) is 6. The zero-order valence-corrected chi connectivity index (χ0v) is 12.1. The zero-order valence-electron chi connectivity index (χ0n) is 12.1. The number of rotatable bonds is 5. The van der Waals surface area contributed by atoms with Crippen LogP contribution >= 0.6 is 0 Å². The molecule has 0 aliphatic heterocycles. The van der Waals surface area contributed by atoms with Crippen molar-refractivity contribution in [3.63, 3.8) is 0 Å². The second-order valence-electron chi connectivity index (χ2n) is 4.83. The minimum atomic E-state index is 0.716. The molecule has 0 unspecified atom stereocenters. The topological polar surface area (TPSA) is 73.5 Å². The fraction of sp³-hybridized carbons (Fsp3) is 0.286. The molecule has 1 N–H and O–H groups in total. The second kappa shape index (κ2) is 5.74. The number of imidazole rings is 1. The van der Waals surface area contributed by atoms with Gasteiger partial charge in [0.1, 0.15) is 5.82 Å². The van der Waals surface area contributed by atoms with Crippen molar-refractivity contribution >= 4 is 5.82 Å². The summed E-state index contributed by atoms with van der Waals surface area (Å²) in [5.74, 6) is 1.45. The van der Waals surface area contributed by atoms with Crippen molar-refractivity contribution in [1.29, 1.82) is 0 Å². The van der Waals surface area contributed by atoms with E-state index in [1.165, 1.54) is 0 Å². The lowest BCUT2D eigenvalue weighted by Crippen LogP contribution is -2.12. The number of nitrogens with one attached hydrogen (secondary N) is 1. The van der Waals surface area contributed by atoms with Gasteiger partial charge in [-0.1, -0.05) is 0 Å². The van der Waals surface area contributed by atoms with Crippen molar-refractivity contribution in [3.8, 4) is 5.82 Å². The molecule has 0 atom stereocenters. The fourth-order valence-electron chi connectivity index (χ4n) is 2.14. The summed E-state index contributed by atoms with van der Waals surface area (Å²) >= 11 is 0. The number of hydrogen-bond donors (Lipinski definition) is 1. The van der Waals surface area contributed by atoms with Gasteiger partial charge in [0, 0.05) is 31.2 Å². The van der Waals surface area contributed by atoms with Crippen LogP contribution in [0.3, 0.4) is 0 Å². The molecule has 0 aliphatic carbocycles. The van der Waals surface area contributed by atoms with Gasteiger partial charge in [-0.05, 0) is 19.9 Å². The predicted molar refractivity (Wildman–Crippen MR) is 79.3 cm³/mol. The summed E-state index contributed by atoms with van der Waals surface area (Å²) in [5.41, 5.74) is 2.00. The molecule has 0 aliphatic rings. The van der Waals surface area contributed by atoms with Gasteiger partial charge in [-0.15, -0.1) is 0 Å². The molecule has 3 aromatic rings. The molecule has 3 heterocycles. The van der Waals surface area contributed by atoms with Crippen molar-refractivity contribution in [2.45, 2.75) is 20.4 Å². The Balaban J connectivity index is 1.70. The van der Waals surface area contributed by atoms with Crippen molar-refractivity contribution < 1.29 is 0 Å². The first-order valence-electron chi connectivity index (χ1n) is 6.78. The molecular weight excluding hydrogens is 266 g/mol. The molecule has 0 radical (unpaired) electrons. The Morgan fingerprint density at radius 2 is 2.10 bits per heavy atom. The summed E-state index contributed by atoms with van der Waals surface area (Å²) in [6, 6.07) is 2.01. The Kier molecular flexibility index (Phi) is 3.63. The lowest BCUT2D eigenvalue weighted by atomic mass is 10.4. The maximum absolute atomic E-state index is 4.54. The molecule has 0 aromatic carbocycles. The zero-order chi connectivity index (χ0) is 14.7. The molecule has 7 heteroatoms. The van der Waals surface area contributed by atoms with Crippen LogP contribution in [0.5, 0.6) is 0 Å². The summed E-state index contributed by atoms with van der Waals surface area (Å²) < 4.78 is 3.80. The maximum Gasteiger partial charge on any atom is 0.174 e. The monoisotopic (exact) mass is 283 g/mol. The summed E-state index contributed by atoms with van der Waals surface area (Å²) in [6.07, 6.45) is 8.91. The molecule has 108 valence electrons. The summed E-state index contributed by atoms with van der Waals surface area (Å²) in [5, 5.41) is 7.67. The SMILES string of the molecule is Cc1cc(C)n(-c2cncc(NCCn3ccnc3)n2)n1. The Morgan fingerprint density at radius 3 is 2.81 bits per heavy atom. The molecule has 7 nitrogen and oxygen atoms in total. The molecule has 0 spiro atoms. The maximum atomic E-state index is 4.54. The van der Waals surface area contributed by atoms with E-state index in [1.807, 2.05) is 30.7 Å². The first kappa shape index (κ1) is 13.3. The molecule has 3 aromatic heterocycles. The van der Waals surface area contributed by atoms with E-state index in [1.54, 1.807) is 29.6 Å². The van der Waals surface area contributed by atoms with Crippen molar-refractivity contribution in [1.82, 2.24) is 29.3 Å². The molecule has 21 heavy (non-hydrogen) atoms. The van der Waals surface area contributed by atoms with Gasteiger partial charge in [0.2, 0.25) is 0 Å². The van der Waals surface area contributed by atoms with E-state index in [0.29, 0.717) is 5.82 Å². The summed E-state index contributed by atoms with van der Waals surface area (Å²) in [4.78, 5) is 12.8. The smallest absolute Gasteiger partial charge is 0.174 e. The first-order chi connectivity index (χ1) is 10.2. The highest BCUT2D eigenvalue weighted by Gasteiger charge is 2.06. The predicted octanol–water partition coefficient (Wildman–Crippen LogP) is 1.59. The van der Waals surface area contributed by atoms with Crippen LogP contribution in [0.4, 0.5) is 5.82 Å². The fourth-order valence-corrected chi connectivity index (χ4v) is 2.14. The third-order valence-corrected chi connectivity index (χ3v) is 3.08. The highest BCUT2D eigenvalue weighted by atomic mass is 15.3. The van der Waals surface area contributed by atoms with Gasteiger partial charge < -0.3 is 9.88 Å². The standard InChI is InChI=1S/C14H17N7/c1-11-7-12(2)21(19-11)14-9-16-8-13(18-14)17-4-6-20-5-3-15-10-20/h3,5,7-10H,4,6H2,1-2H3,(H,17,18).